The van der Waals surface area contributed by atoms with E-state index in [1.54, 1.807) is 11.0 Å². The highest BCUT2D eigenvalue weighted by Crippen LogP contribution is 2.39. The second kappa shape index (κ2) is 9.41. The fraction of sp³-hybridized carbons (Fsp3) is 0.458. The molecular formula is C24H27F3N6O. The topological polar surface area (TPSA) is 68.5 Å². The van der Waals surface area contributed by atoms with E-state index >= 15 is 0 Å². The number of benzene rings is 1. The SMILES string of the molecule is C=C(C)N1CCN(c2nc(OC)nc3c2CCN(c2ccccc2C(F)(F)F)C3)CC1CC#N. The van der Waals surface area contributed by atoms with E-state index in [2.05, 4.69) is 32.4 Å². The van der Waals surface area contributed by atoms with Crippen LogP contribution in [0.2, 0.25) is 0 Å². The Labute approximate surface area is 197 Å². The third kappa shape index (κ3) is 4.60. The number of nitrogens with zero attached hydrogens (tertiary/aromatic N) is 6. The molecule has 2 aliphatic heterocycles. The van der Waals surface area contributed by atoms with E-state index in [1.165, 1.54) is 19.2 Å². The molecule has 1 saturated heterocycles. The predicted molar refractivity (Wildman–Crippen MR) is 123 cm³/mol. The Hall–Kier alpha value is -3.48. The number of ether oxygens (including phenoxy) is 1. The lowest BCUT2D eigenvalue weighted by Crippen LogP contribution is -2.52. The summed E-state index contributed by atoms with van der Waals surface area (Å²) in [7, 11) is 1.47. The minimum absolute atomic E-state index is 0.0217. The van der Waals surface area contributed by atoms with Gasteiger partial charge in [0, 0.05) is 43.1 Å². The summed E-state index contributed by atoms with van der Waals surface area (Å²) in [5.41, 5.74) is 1.98. The van der Waals surface area contributed by atoms with Crippen molar-refractivity contribution in [3.63, 3.8) is 0 Å². The first-order chi connectivity index (χ1) is 16.2. The molecule has 3 heterocycles. The van der Waals surface area contributed by atoms with E-state index in [-0.39, 0.29) is 24.3 Å². The van der Waals surface area contributed by atoms with Crippen LogP contribution in [0.4, 0.5) is 24.7 Å². The average Bonchev–Trinajstić information content (AvgIpc) is 2.82. The molecule has 1 aromatic heterocycles. The number of piperazine rings is 1. The molecule has 2 aliphatic rings. The molecule has 1 aromatic carbocycles. The predicted octanol–water partition coefficient (Wildman–Crippen LogP) is 4.00. The summed E-state index contributed by atoms with van der Waals surface area (Å²) in [4.78, 5) is 15.1. The van der Waals surface area contributed by atoms with Gasteiger partial charge in [-0.3, -0.25) is 0 Å². The molecule has 0 N–H and O–H groups in total. The number of halogens is 3. The van der Waals surface area contributed by atoms with Crippen LogP contribution in [0.15, 0.2) is 36.5 Å². The molecular weight excluding hydrogens is 445 g/mol. The van der Waals surface area contributed by atoms with E-state index in [0.29, 0.717) is 44.7 Å². The summed E-state index contributed by atoms with van der Waals surface area (Å²) >= 11 is 0. The Morgan fingerprint density at radius 1 is 1.21 bits per heavy atom. The maximum atomic E-state index is 13.6. The summed E-state index contributed by atoms with van der Waals surface area (Å²) in [5.74, 6) is 0.731. The molecule has 180 valence electrons. The van der Waals surface area contributed by atoms with Gasteiger partial charge in [0.05, 0.1) is 43.4 Å². The monoisotopic (exact) mass is 472 g/mol. The number of methoxy groups -OCH3 is 1. The van der Waals surface area contributed by atoms with Gasteiger partial charge in [-0.05, 0) is 25.5 Å². The van der Waals surface area contributed by atoms with E-state index in [0.717, 1.165) is 23.1 Å². The third-order valence-corrected chi connectivity index (χ3v) is 6.35. The van der Waals surface area contributed by atoms with Gasteiger partial charge in [-0.15, -0.1) is 0 Å². The molecule has 1 fully saturated rings. The van der Waals surface area contributed by atoms with Gasteiger partial charge in [0.15, 0.2) is 0 Å². The number of fused-ring (bicyclic) bond motifs is 1. The lowest BCUT2D eigenvalue weighted by molar-refractivity contribution is -0.137. The smallest absolute Gasteiger partial charge is 0.418 e. The van der Waals surface area contributed by atoms with Gasteiger partial charge in [0.1, 0.15) is 5.82 Å². The number of aromatic nitrogens is 2. The molecule has 1 atom stereocenters. The summed E-state index contributed by atoms with van der Waals surface area (Å²) in [6, 6.07) is 8.03. The second-order valence-electron chi connectivity index (χ2n) is 8.54. The molecule has 10 heteroatoms. The summed E-state index contributed by atoms with van der Waals surface area (Å²) in [6.07, 6.45) is -3.58. The van der Waals surface area contributed by atoms with Crippen LogP contribution in [-0.4, -0.2) is 54.2 Å². The number of nitriles is 1. The highest BCUT2D eigenvalue weighted by molar-refractivity contribution is 5.59. The molecule has 0 spiro atoms. The highest BCUT2D eigenvalue weighted by Gasteiger charge is 2.36. The maximum absolute atomic E-state index is 13.6. The van der Waals surface area contributed by atoms with Crippen molar-refractivity contribution < 1.29 is 17.9 Å². The van der Waals surface area contributed by atoms with Crippen LogP contribution in [0, 0.1) is 11.3 Å². The van der Waals surface area contributed by atoms with Gasteiger partial charge < -0.3 is 19.4 Å². The zero-order chi connectivity index (χ0) is 24.5. The van der Waals surface area contributed by atoms with Crippen molar-refractivity contribution in [1.29, 1.82) is 5.26 Å². The molecule has 0 aliphatic carbocycles. The lowest BCUT2D eigenvalue weighted by atomic mass is 10.0. The van der Waals surface area contributed by atoms with Crippen molar-refractivity contribution in [1.82, 2.24) is 14.9 Å². The van der Waals surface area contributed by atoms with Crippen LogP contribution < -0.4 is 14.5 Å². The van der Waals surface area contributed by atoms with Crippen LogP contribution in [-0.2, 0) is 19.1 Å². The van der Waals surface area contributed by atoms with Crippen LogP contribution in [0.3, 0.4) is 0 Å². The quantitative estimate of drug-likeness (QED) is 0.652. The standard InChI is InChI=1S/C24H27F3N6O/c1-16(2)33-13-12-32(14-17(33)8-10-28)22-18-9-11-31(15-20(18)29-23(30-22)34-3)21-7-5-4-6-19(21)24(25,26)27/h4-7,17H,1,8-9,11-15H2,2-3H3. The molecule has 0 radical (unpaired) electrons. The van der Waals surface area contributed by atoms with Crippen molar-refractivity contribution in [2.75, 3.05) is 43.1 Å². The van der Waals surface area contributed by atoms with E-state index in [9.17, 15) is 18.4 Å². The van der Waals surface area contributed by atoms with E-state index in [1.807, 2.05) is 6.92 Å². The first-order valence-corrected chi connectivity index (χ1v) is 11.1. The van der Waals surface area contributed by atoms with Gasteiger partial charge >= 0.3 is 12.2 Å². The number of alkyl halides is 3. The number of hydrogen-bond acceptors (Lipinski definition) is 7. The second-order valence-corrected chi connectivity index (χ2v) is 8.54. The largest absolute Gasteiger partial charge is 0.467 e. The van der Waals surface area contributed by atoms with Gasteiger partial charge in [0.2, 0.25) is 0 Å². The van der Waals surface area contributed by atoms with Gasteiger partial charge in [-0.2, -0.15) is 28.4 Å². The molecule has 0 bridgehead atoms. The van der Waals surface area contributed by atoms with Crippen molar-refractivity contribution >= 4 is 11.5 Å². The fourth-order valence-corrected chi connectivity index (χ4v) is 4.77. The number of allylic oxidation sites excluding steroid dienone is 1. The summed E-state index contributed by atoms with van der Waals surface area (Å²) < 4.78 is 46.1. The Bertz CT molecular complexity index is 1110. The number of hydrogen-bond donors (Lipinski definition) is 0. The van der Waals surface area contributed by atoms with Crippen LogP contribution >= 0.6 is 0 Å². The van der Waals surface area contributed by atoms with Gasteiger partial charge in [0.25, 0.3) is 0 Å². The van der Waals surface area contributed by atoms with Crippen molar-refractivity contribution in [2.24, 2.45) is 0 Å². The maximum Gasteiger partial charge on any atom is 0.418 e. The first kappa shape index (κ1) is 23.7. The number of para-hydroxylation sites is 1. The normalized spacial score (nSPS) is 18.4. The van der Waals surface area contributed by atoms with Crippen LogP contribution in [0.25, 0.3) is 0 Å². The zero-order valence-corrected chi connectivity index (χ0v) is 19.3. The summed E-state index contributed by atoms with van der Waals surface area (Å²) in [5, 5.41) is 9.31. The minimum Gasteiger partial charge on any atom is -0.467 e. The van der Waals surface area contributed by atoms with Crippen LogP contribution in [0.1, 0.15) is 30.2 Å². The Morgan fingerprint density at radius 2 is 1.97 bits per heavy atom. The number of rotatable bonds is 5. The van der Waals surface area contributed by atoms with Crippen molar-refractivity contribution in [3.05, 3.63) is 53.4 Å². The molecule has 0 amide bonds. The summed E-state index contributed by atoms with van der Waals surface area (Å²) in [6.45, 7) is 8.58. The Kier molecular flexibility index (Phi) is 6.55. The molecule has 7 nitrogen and oxygen atoms in total. The zero-order valence-electron chi connectivity index (χ0n) is 19.3. The van der Waals surface area contributed by atoms with Crippen molar-refractivity contribution in [3.8, 4) is 12.1 Å². The highest BCUT2D eigenvalue weighted by atomic mass is 19.4. The molecule has 4 rings (SSSR count). The molecule has 0 saturated carbocycles. The molecule has 34 heavy (non-hydrogen) atoms. The Morgan fingerprint density at radius 3 is 2.65 bits per heavy atom. The minimum atomic E-state index is -4.44. The van der Waals surface area contributed by atoms with Crippen molar-refractivity contribution in [2.45, 2.75) is 38.5 Å². The molecule has 1 unspecified atom stereocenters. The number of anilines is 2. The lowest BCUT2D eigenvalue weighted by Gasteiger charge is -2.43. The molecule has 2 aromatic rings. The Balaban J connectivity index is 1.67. The fourth-order valence-electron chi connectivity index (χ4n) is 4.77. The first-order valence-electron chi connectivity index (χ1n) is 11.1. The van der Waals surface area contributed by atoms with E-state index in [4.69, 9.17) is 4.74 Å². The van der Waals surface area contributed by atoms with Gasteiger partial charge in [-0.1, -0.05) is 18.7 Å². The average molecular weight is 473 g/mol. The van der Waals surface area contributed by atoms with Gasteiger partial charge in [-0.25, -0.2) is 0 Å². The third-order valence-electron chi connectivity index (χ3n) is 6.35. The van der Waals surface area contributed by atoms with Crippen LogP contribution in [0.5, 0.6) is 6.01 Å². The van der Waals surface area contributed by atoms with E-state index < -0.39 is 11.7 Å².